The zero-order valence-corrected chi connectivity index (χ0v) is 14.6. The van der Waals surface area contributed by atoms with Crippen molar-refractivity contribution >= 4 is 23.1 Å². The SMILES string of the molecule is CCC(C)=O.CCc1cc(N=Nc2ccccc2C(=O)O)ccc1O. The van der Waals surface area contributed by atoms with Gasteiger partial charge in [-0.15, -0.1) is 5.11 Å². The van der Waals surface area contributed by atoms with Crippen molar-refractivity contribution in [2.45, 2.75) is 33.6 Å². The summed E-state index contributed by atoms with van der Waals surface area (Å²) < 4.78 is 0. The van der Waals surface area contributed by atoms with Crippen molar-refractivity contribution in [2.24, 2.45) is 10.2 Å². The Balaban J connectivity index is 0.000000550. The van der Waals surface area contributed by atoms with Crippen LogP contribution in [0.25, 0.3) is 0 Å². The van der Waals surface area contributed by atoms with Gasteiger partial charge in [-0.05, 0) is 49.2 Å². The largest absolute Gasteiger partial charge is 0.508 e. The highest BCUT2D eigenvalue weighted by Crippen LogP contribution is 2.26. The van der Waals surface area contributed by atoms with Gasteiger partial charge < -0.3 is 15.0 Å². The first-order valence-electron chi connectivity index (χ1n) is 7.94. The normalized spacial score (nSPS) is 10.2. The number of nitrogens with zero attached hydrogens (tertiary/aromatic N) is 2. The Morgan fingerprint density at radius 3 is 2.24 bits per heavy atom. The molecule has 0 atom stereocenters. The van der Waals surface area contributed by atoms with Crippen LogP contribution in [0.4, 0.5) is 11.4 Å². The van der Waals surface area contributed by atoms with Gasteiger partial charge in [0.1, 0.15) is 17.2 Å². The number of ketones is 1. The minimum atomic E-state index is -1.04. The molecular formula is C19H22N2O4. The number of carboxylic acid groups (broad SMARTS) is 1. The fourth-order valence-corrected chi connectivity index (χ4v) is 1.77. The Hall–Kier alpha value is -3.02. The highest BCUT2D eigenvalue weighted by atomic mass is 16.4. The minimum Gasteiger partial charge on any atom is -0.508 e. The molecule has 0 unspecified atom stereocenters. The van der Waals surface area contributed by atoms with Crippen LogP contribution in [0.3, 0.4) is 0 Å². The van der Waals surface area contributed by atoms with Gasteiger partial charge in [0.25, 0.3) is 0 Å². The van der Waals surface area contributed by atoms with Crippen LogP contribution in [0.5, 0.6) is 5.75 Å². The zero-order valence-electron chi connectivity index (χ0n) is 14.6. The number of hydrogen-bond acceptors (Lipinski definition) is 5. The molecule has 0 bridgehead atoms. The summed E-state index contributed by atoms with van der Waals surface area (Å²) in [5, 5.41) is 26.6. The van der Waals surface area contributed by atoms with Crippen molar-refractivity contribution in [2.75, 3.05) is 0 Å². The Labute approximate surface area is 146 Å². The van der Waals surface area contributed by atoms with Gasteiger partial charge in [-0.3, -0.25) is 0 Å². The van der Waals surface area contributed by atoms with Crippen LogP contribution in [-0.2, 0) is 11.2 Å². The van der Waals surface area contributed by atoms with Crippen LogP contribution in [0.15, 0.2) is 52.7 Å². The standard InChI is InChI=1S/C15H14N2O3.C4H8O/c1-2-10-9-11(7-8-14(10)18)16-17-13-6-4-3-5-12(13)15(19)20;1-3-4(2)5/h3-9,18H,2H2,1H3,(H,19,20);3H2,1-2H3. The summed E-state index contributed by atoms with van der Waals surface area (Å²) in [6.45, 7) is 5.36. The third kappa shape index (κ3) is 6.55. The third-order valence-corrected chi connectivity index (χ3v) is 3.35. The maximum absolute atomic E-state index is 11.0. The van der Waals surface area contributed by atoms with Crippen molar-refractivity contribution < 1.29 is 19.8 Å². The lowest BCUT2D eigenvalue weighted by Gasteiger charge is -2.02. The monoisotopic (exact) mass is 342 g/mol. The number of rotatable bonds is 5. The van der Waals surface area contributed by atoms with E-state index < -0.39 is 5.97 Å². The molecule has 2 rings (SSSR count). The van der Waals surface area contributed by atoms with Crippen molar-refractivity contribution in [3.8, 4) is 5.75 Å². The summed E-state index contributed by atoms with van der Waals surface area (Å²) in [6.07, 6.45) is 1.35. The molecule has 2 aromatic carbocycles. The topological polar surface area (TPSA) is 99.3 Å². The molecule has 0 aliphatic rings. The maximum atomic E-state index is 11.0. The average molecular weight is 342 g/mol. The second-order valence-corrected chi connectivity index (χ2v) is 5.24. The van der Waals surface area contributed by atoms with E-state index >= 15 is 0 Å². The number of phenols is 1. The molecule has 6 nitrogen and oxygen atoms in total. The number of carbonyl (C=O) groups excluding carboxylic acids is 1. The molecule has 2 N–H and O–H groups in total. The molecule has 2 aromatic rings. The Bertz CT molecular complexity index is 770. The van der Waals surface area contributed by atoms with Gasteiger partial charge in [-0.25, -0.2) is 4.79 Å². The van der Waals surface area contributed by atoms with E-state index in [4.69, 9.17) is 5.11 Å². The van der Waals surface area contributed by atoms with Gasteiger partial charge in [0, 0.05) is 6.42 Å². The maximum Gasteiger partial charge on any atom is 0.337 e. The van der Waals surface area contributed by atoms with E-state index in [2.05, 4.69) is 10.2 Å². The molecule has 0 heterocycles. The van der Waals surface area contributed by atoms with Crippen molar-refractivity contribution in [1.29, 1.82) is 0 Å². The molecule has 132 valence electrons. The smallest absolute Gasteiger partial charge is 0.337 e. The molecule has 0 saturated carbocycles. The van der Waals surface area contributed by atoms with Gasteiger partial charge >= 0.3 is 5.97 Å². The quantitative estimate of drug-likeness (QED) is 0.742. The van der Waals surface area contributed by atoms with Crippen LogP contribution in [0.2, 0.25) is 0 Å². The number of azo groups is 1. The molecule has 0 saturated heterocycles. The second kappa shape index (κ2) is 9.97. The van der Waals surface area contributed by atoms with E-state index in [1.165, 1.54) is 6.07 Å². The molecule has 0 fully saturated rings. The van der Waals surface area contributed by atoms with Crippen molar-refractivity contribution in [1.82, 2.24) is 0 Å². The van der Waals surface area contributed by atoms with E-state index in [9.17, 15) is 14.7 Å². The molecular weight excluding hydrogens is 320 g/mol. The highest BCUT2D eigenvalue weighted by molar-refractivity contribution is 5.93. The fourth-order valence-electron chi connectivity index (χ4n) is 1.77. The van der Waals surface area contributed by atoms with Gasteiger partial charge in [0.2, 0.25) is 0 Å². The molecule has 0 radical (unpaired) electrons. The van der Waals surface area contributed by atoms with E-state index in [1.54, 1.807) is 43.3 Å². The zero-order chi connectivity index (χ0) is 18.8. The number of hydrogen-bond donors (Lipinski definition) is 2. The van der Waals surface area contributed by atoms with E-state index in [-0.39, 0.29) is 17.1 Å². The number of aromatic carboxylic acids is 1. The first kappa shape index (κ1) is 20.0. The summed E-state index contributed by atoms with van der Waals surface area (Å²) in [5.74, 6) is -0.568. The van der Waals surface area contributed by atoms with Crippen LogP contribution in [0, 0.1) is 0 Å². The predicted octanol–water partition coefficient (Wildman–Crippen LogP) is 5.05. The molecule has 0 aliphatic heterocycles. The van der Waals surface area contributed by atoms with Gasteiger partial charge in [-0.2, -0.15) is 5.11 Å². The summed E-state index contributed by atoms with van der Waals surface area (Å²) in [7, 11) is 0. The van der Waals surface area contributed by atoms with Crippen LogP contribution in [-0.4, -0.2) is 22.0 Å². The average Bonchev–Trinajstić information content (AvgIpc) is 2.61. The summed E-state index contributed by atoms with van der Waals surface area (Å²) in [4.78, 5) is 20.9. The van der Waals surface area contributed by atoms with Crippen LogP contribution < -0.4 is 0 Å². The summed E-state index contributed by atoms with van der Waals surface area (Å²) >= 11 is 0. The lowest BCUT2D eigenvalue weighted by molar-refractivity contribution is -0.116. The van der Waals surface area contributed by atoms with E-state index in [0.717, 1.165) is 5.56 Å². The number of phenolic OH excluding ortho intramolecular Hbond substituents is 1. The molecule has 0 amide bonds. The summed E-state index contributed by atoms with van der Waals surface area (Å²) in [6, 6.07) is 11.3. The number of Topliss-reactive ketones (excluding diaryl/α,β-unsaturated/α-hetero) is 1. The Morgan fingerprint density at radius 1 is 1.04 bits per heavy atom. The number of aryl methyl sites for hydroxylation is 1. The first-order chi connectivity index (χ1) is 11.9. The number of carbonyl (C=O) groups is 2. The third-order valence-electron chi connectivity index (χ3n) is 3.35. The van der Waals surface area contributed by atoms with Crippen molar-refractivity contribution in [3.05, 3.63) is 53.6 Å². The number of benzene rings is 2. The second-order valence-electron chi connectivity index (χ2n) is 5.24. The van der Waals surface area contributed by atoms with Crippen LogP contribution >= 0.6 is 0 Å². The minimum absolute atomic E-state index is 0.103. The number of aromatic hydroxyl groups is 1. The molecule has 25 heavy (non-hydrogen) atoms. The van der Waals surface area contributed by atoms with Crippen molar-refractivity contribution in [3.63, 3.8) is 0 Å². The highest BCUT2D eigenvalue weighted by Gasteiger charge is 2.08. The Morgan fingerprint density at radius 2 is 1.68 bits per heavy atom. The van der Waals surface area contributed by atoms with Gasteiger partial charge in [-0.1, -0.05) is 26.0 Å². The molecule has 6 heteroatoms. The van der Waals surface area contributed by atoms with Gasteiger partial charge in [0.05, 0.1) is 11.3 Å². The lowest BCUT2D eigenvalue weighted by Crippen LogP contribution is -1.95. The van der Waals surface area contributed by atoms with E-state index in [1.807, 2.05) is 13.8 Å². The lowest BCUT2D eigenvalue weighted by atomic mass is 10.1. The summed E-state index contributed by atoms with van der Waals surface area (Å²) in [5.41, 5.74) is 1.74. The Kier molecular flexibility index (Phi) is 7.99. The molecule has 0 spiro atoms. The molecule has 0 aromatic heterocycles. The van der Waals surface area contributed by atoms with E-state index in [0.29, 0.717) is 24.2 Å². The molecule has 0 aliphatic carbocycles. The fraction of sp³-hybridized carbons (Fsp3) is 0.263. The first-order valence-corrected chi connectivity index (χ1v) is 7.94. The van der Waals surface area contributed by atoms with Gasteiger partial charge in [0.15, 0.2) is 0 Å². The van der Waals surface area contributed by atoms with Crippen LogP contribution in [0.1, 0.15) is 43.1 Å². The number of carboxylic acids is 1. The predicted molar refractivity (Wildman–Crippen MR) is 96.0 cm³/mol.